The van der Waals surface area contributed by atoms with Crippen LogP contribution in [0.3, 0.4) is 0 Å². The number of carbonyl (C=O) groups excluding carboxylic acids is 2. The first-order valence-corrected chi connectivity index (χ1v) is 9.07. The molecular weight excluding hydrogens is 340 g/mol. The topological polar surface area (TPSA) is 90.0 Å². The largest absolute Gasteiger partial charge is 0.369 e. The van der Waals surface area contributed by atoms with E-state index in [1.165, 1.54) is 5.56 Å². The zero-order valence-electron chi connectivity index (χ0n) is 15.4. The molecule has 0 saturated heterocycles. The van der Waals surface area contributed by atoms with E-state index in [2.05, 4.69) is 42.3 Å². The van der Waals surface area contributed by atoms with Crippen molar-refractivity contribution in [2.24, 2.45) is 11.7 Å². The van der Waals surface area contributed by atoms with Crippen LogP contribution in [0.1, 0.15) is 34.3 Å². The quantitative estimate of drug-likeness (QED) is 0.747. The molecule has 6 nitrogen and oxygen atoms in total. The van der Waals surface area contributed by atoms with Crippen LogP contribution in [-0.2, 0) is 4.79 Å². The fourth-order valence-electron chi connectivity index (χ4n) is 3.56. The molecular formula is C21H22N4O2. The van der Waals surface area contributed by atoms with Gasteiger partial charge in [-0.05, 0) is 62.1 Å². The highest BCUT2D eigenvalue weighted by Crippen LogP contribution is 2.27. The fourth-order valence-corrected chi connectivity index (χ4v) is 3.56. The van der Waals surface area contributed by atoms with Gasteiger partial charge in [-0.25, -0.2) is 4.98 Å². The number of nitrogens with zero attached hydrogens (tertiary/aromatic N) is 2. The Morgan fingerprint density at radius 1 is 1.15 bits per heavy atom. The summed E-state index contributed by atoms with van der Waals surface area (Å²) < 4.78 is 2.04. The van der Waals surface area contributed by atoms with E-state index in [4.69, 9.17) is 5.73 Å². The van der Waals surface area contributed by atoms with Crippen LogP contribution in [-0.4, -0.2) is 27.4 Å². The van der Waals surface area contributed by atoms with E-state index in [1.54, 1.807) is 12.4 Å². The monoisotopic (exact) mass is 362 g/mol. The normalized spacial score (nSPS) is 18.9. The molecule has 138 valence electrons. The van der Waals surface area contributed by atoms with Crippen LogP contribution >= 0.6 is 0 Å². The van der Waals surface area contributed by atoms with E-state index in [-0.39, 0.29) is 23.8 Å². The lowest BCUT2D eigenvalue weighted by molar-refractivity contribution is -0.124. The van der Waals surface area contributed by atoms with Crippen molar-refractivity contribution in [3.8, 4) is 5.69 Å². The Kier molecular flexibility index (Phi) is 4.18. The zero-order chi connectivity index (χ0) is 19.1. The predicted octanol–water partition coefficient (Wildman–Crippen LogP) is 2.64. The van der Waals surface area contributed by atoms with Gasteiger partial charge in [-0.2, -0.15) is 0 Å². The van der Waals surface area contributed by atoms with Crippen molar-refractivity contribution in [3.63, 3.8) is 0 Å². The summed E-state index contributed by atoms with van der Waals surface area (Å²) in [5, 5.41) is 2.96. The van der Waals surface area contributed by atoms with Gasteiger partial charge in [0.1, 0.15) is 6.33 Å². The van der Waals surface area contributed by atoms with Crippen LogP contribution in [0, 0.1) is 19.8 Å². The minimum absolute atomic E-state index is 0.0122. The summed E-state index contributed by atoms with van der Waals surface area (Å²) in [6.45, 7) is 4.13. The van der Waals surface area contributed by atoms with E-state index in [0.717, 1.165) is 22.3 Å². The van der Waals surface area contributed by atoms with Gasteiger partial charge in [0.25, 0.3) is 5.91 Å². The molecule has 2 aromatic carbocycles. The summed E-state index contributed by atoms with van der Waals surface area (Å²) in [7, 11) is 0. The number of hydrogen-bond acceptors (Lipinski definition) is 3. The number of aromatic nitrogens is 2. The first-order valence-electron chi connectivity index (χ1n) is 9.07. The number of nitrogens with one attached hydrogen (secondary N) is 1. The molecule has 0 unspecified atom stereocenters. The number of aryl methyl sites for hydroxylation is 2. The van der Waals surface area contributed by atoms with Gasteiger partial charge in [-0.15, -0.1) is 0 Å². The van der Waals surface area contributed by atoms with Gasteiger partial charge in [-0.1, -0.05) is 12.1 Å². The summed E-state index contributed by atoms with van der Waals surface area (Å²) in [5.74, 6) is -0.559. The second kappa shape index (κ2) is 6.54. The molecule has 1 heterocycles. The number of fused-ring (bicyclic) bond motifs is 1. The number of carbonyl (C=O) groups is 2. The molecule has 1 aliphatic carbocycles. The molecule has 1 saturated carbocycles. The Balaban J connectivity index is 1.56. The highest BCUT2D eigenvalue weighted by Gasteiger charge is 2.34. The van der Waals surface area contributed by atoms with Crippen LogP contribution in [0.5, 0.6) is 0 Å². The van der Waals surface area contributed by atoms with Crippen LogP contribution in [0.4, 0.5) is 0 Å². The van der Waals surface area contributed by atoms with E-state index >= 15 is 0 Å². The lowest BCUT2D eigenvalue weighted by Gasteiger charge is -2.33. The maximum Gasteiger partial charge on any atom is 0.251 e. The molecule has 27 heavy (non-hydrogen) atoms. The SMILES string of the molecule is Cc1ccc(C)c(-n2cnc3cc(C(=O)NC4CC(C(N)=O)C4)ccc32)c1. The molecule has 0 radical (unpaired) electrons. The molecule has 6 heteroatoms. The Morgan fingerprint density at radius 2 is 1.93 bits per heavy atom. The molecule has 4 rings (SSSR count). The smallest absolute Gasteiger partial charge is 0.251 e. The number of benzene rings is 2. The lowest BCUT2D eigenvalue weighted by atomic mass is 9.80. The van der Waals surface area contributed by atoms with Gasteiger partial charge in [0.15, 0.2) is 0 Å². The molecule has 0 aliphatic heterocycles. The van der Waals surface area contributed by atoms with Crippen LogP contribution < -0.4 is 11.1 Å². The van der Waals surface area contributed by atoms with Gasteiger partial charge < -0.3 is 11.1 Å². The third-order valence-electron chi connectivity index (χ3n) is 5.31. The Labute approximate surface area is 157 Å². The average molecular weight is 362 g/mol. The number of rotatable bonds is 4. The summed E-state index contributed by atoms with van der Waals surface area (Å²) in [6, 6.07) is 11.9. The van der Waals surface area contributed by atoms with E-state index in [9.17, 15) is 9.59 Å². The number of amides is 2. The molecule has 1 aliphatic rings. The summed E-state index contributed by atoms with van der Waals surface area (Å²) in [5.41, 5.74) is 11.0. The van der Waals surface area contributed by atoms with Crippen molar-refractivity contribution in [2.75, 3.05) is 0 Å². The van der Waals surface area contributed by atoms with Gasteiger partial charge in [0.2, 0.25) is 5.91 Å². The number of hydrogen-bond donors (Lipinski definition) is 2. The molecule has 0 atom stereocenters. The van der Waals surface area contributed by atoms with E-state index < -0.39 is 0 Å². The van der Waals surface area contributed by atoms with Crippen molar-refractivity contribution in [1.82, 2.24) is 14.9 Å². The van der Waals surface area contributed by atoms with Crippen molar-refractivity contribution in [1.29, 1.82) is 0 Å². The molecule has 1 aromatic heterocycles. The van der Waals surface area contributed by atoms with E-state index in [0.29, 0.717) is 18.4 Å². The summed E-state index contributed by atoms with van der Waals surface area (Å²) >= 11 is 0. The average Bonchev–Trinajstić information content (AvgIpc) is 3.02. The maximum absolute atomic E-state index is 12.5. The fraction of sp³-hybridized carbons (Fsp3) is 0.286. The minimum atomic E-state index is -0.293. The predicted molar refractivity (Wildman–Crippen MR) is 104 cm³/mol. The molecule has 3 aromatic rings. The lowest BCUT2D eigenvalue weighted by Crippen LogP contribution is -2.48. The second-order valence-electron chi connectivity index (χ2n) is 7.35. The third-order valence-corrected chi connectivity index (χ3v) is 5.31. The first-order chi connectivity index (χ1) is 12.9. The van der Waals surface area contributed by atoms with Gasteiger partial charge >= 0.3 is 0 Å². The van der Waals surface area contributed by atoms with Crippen molar-refractivity contribution in [3.05, 3.63) is 59.4 Å². The summed E-state index contributed by atoms with van der Waals surface area (Å²) in [6.07, 6.45) is 3.02. The molecule has 0 spiro atoms. The minimum Gasteiger partial charge on any atom is -0.369 e. The number of imidazole rings is 1. The van der Waals surface area contributed by atoms with Gasteiger partial charge in [0.05, 0.1) is 16.7 Å². The highest BCUT2D eigenvalue weighted by atomic mass is 16.2. The van der Waals surface area contributed by atoms with Crippen molar-refractivity contribution >= 4 is 22.8 Å². The molecule has 1 fully saturated rings. The molecule has 0 bridgehead atoms. The Morgan fingerprint density at radius 3 is 2.67 bits per heavy atom. The van der Waals surface area contributed by atoms with Crippen LogP contribution in [0.15, 0.2) is 42.7 Å². The Bertz CT molecular complexity index is 1050. The van der Waals surface area contributed by atoms with Gasteiger partial charge in [-0.3, -0.25) is 14.2 Å². The molecule has 3 N–H and O–H groups in total. The third kappa shape index (κ3) is 3.18. The van der Waals surface area contributed by atoms with Crippen molar-refractivity contribution < 1.29 is 9.59 Å². The number of primary amides is 1. The first kappa shape index (κ1) is 17.3. The van der Waals surface area contributed by atoms with Gasteiger partial charge in [0, 0.05) is 17.5 Å². The molecule has 2 amide bonds. The zero-order valence-corrected chi connectivity index (χ0v) is 15.4. The van der Waals surface area contributed by atoms with Crippen LogP contribution in [0.25, 0.3) is 16.7 Å². The second-order valence-corrected chi connectivity index (χ2v) is 7.35. The Hall–Kier alpha value is -3.15. The number of nitrogens with two attached hydrogens (primary N) is 1. The van der Waals surface area contributed by atoms with Crippen molar-refractivity contribution in [2.45, 2.75) is 32.7 Å². The highest BCUT2D eigenvalue weighted by molar-refractivity contribution is 5.98. The van der Waals surface area contributed by atoms with E-state index in [1.807, 2.05) is 16.7 Å². The maximum atomic E-state index is 12.5. The summed E-state index contributed by atoms with van der Waals surface area (Å²) in [4.78, 5) is 28.1. The standard InChI is InChI=1S/C21H22N4O2/c1-12-3-4-13(2)19(7-12)25-11-23-17-10-14(5-6-18(17)25)21(27)24-16-8-15(9-16)20(22)26/h3-7,10-11,15-16H,8-9H2,1-2H3,(H2,22,26)(H,24,27). The van der Waals surface area contributed by atoms with Crippen LogP contribution in [0.2, 0.25) is 0 Å².